The van der Waals surface area contributed by atoms with Gasteiger partial charge in [0.15, 0.2) is 11.5 Å². The number of amides is 2. The summed E-state index contributed by atoms with van der Waals surface area (Å²) in [4.78, 5) is 29.0. The molecule has 0 aliphatic heterocycles. The number of anilines is 1. The number of nitrogens with zero attached hydrogens (tertiary/aromatic N) is 2. The lowest BCUT2D eigenvalue weighted by Gasteiger charge is -2.33. The summed E-state index contributed by atoms with van der Waals surface area (Å²) in [7, 11) is -1.24. The monoisotopic (exact) mass is 595 g/mol. The largest absolute Gasteiger partial charge is 0.493 e. The average Bonchev–Trinajstić information content (AvgIpc) is 3.01. The zero-order chi connectivity index (χ0) is 30.7. The van der Waals surface area contributed by atoms with E-state index in [4.69, 9.17) is 9.47 Å². The third-order valence-electron chi connectivity index (χ3n) is 7.14. The van der Waals surface area contributed by atoms with Crippen molar-refractivity contribution < 1.29 is 27.5 Å². The van der Waals surface area contributed by atoms with Crippen molar-refractivity contribution in [1.82, 2.24) is 10.2 Å². The summed E-state index contributed by atoms with van der Waals surface area (Å²) < 4.78 is 39.8. The van der Waals surface area contributed by atoms with Gasteiger partial charge in [0.1, 0.15) is 12.6 Å². The third kappa shape index (κ3) is 8.03. The number of carbonyl (C=O) groups is 2. The molecule has 0 saturated heterocycles. The van der Waals surface area contributed by atoms with E-state index in [0.717, 1.165) is 16.3 Å². The lowest BCUT2D eigenvalue weighted by atomic mass is 10.1. The van der Waals surface area contributed by atoms with Gasteiger partial charge in [-0.05, 0) is 56.0 Å². The summed E-state index contributed by atoms with van der Waals surface area (Å²) in [6, 6.07) is 21.4. The van der Waals surface area contributed by atoms with Crippen LogP contribution >= 0.6 is 0 Å². The van der Waals surface area contributed by atoms with Gasteiger partial charge in [0.25, 0.3) is 10.0 Å². The van der Waals surface area contributed by atoms with Gasteiger partial charge in [0.05, 0.1) is 24.8 Å². The zero-order valence-corrected chi connectivity index (χ0v) is 25.8. The number of ether oxygens (including phenoxy) is 2. The van der Waals surface area contributed by atoms with Gasteiger partial charge in [-0.3, -0.25) is 13.9 Å². The minimum Gasteiger partial charge on any atom is -0.493 e. The maximum absolute atomic E-state index is 14.1. The highest BCUT2D eigenvalue weighted by molar-refractivity contribution is 7.92. The van der Waals surface area contributed by atoms with Crippen LogP contribution in [0.4, 0.5) is 5.69 Å². The van der Waals surface area contributed by atoms with Gasteiger partial charge in [-0.1, -0.05) is 62.4 Å². The Morgan fingerprint density at radius 3 is 2.05 bits per heavy atom. The van der Waals surface area contributed by atoms with E-state index in [0.29, 0.717) is 24.3 Å². The number of carbonyl (C=O) groups excluding carboxylic acids is 2. The van der Waals surface area contributed by atoms with E-state index in [1.807, 2.05) is 51.1 Å². The highest BCUT2D eigenvalue weighted by atomic mass is 32.2. The van der Waals surface area contributed by atoms with Crippen LogP contribution in [0.5, 0.6) is 11.5 Å². The molecule has 0 aliphatic carbocycles. The van der Waals surface area contributed by atoms with Crippen LogP contribution in [0.3, 0.4) is 0 Å². The lowest BCUT2D eigenvalue weighted by molar-refractivity contribution is -0.139. The summed E-state index contributed by atoms with van der Waals surface area (Å²) in [5.74, 6) is -0.0267. The molecule has 42 heavy (non-hydrogen) atoms. The fourth-order valence-electron chi connectivity index (χ4n) is 4.57. The maximum Gasteiger partial charge on any atom is 0.264 e. The molecule has 0 unspecified atom stereocenters. The minimum atomic E-state index is -4.18. The molecule has 3 rings (SSSR count). The fraction of sp³-hybridized carbons (Fsp3) is 0.375. The molecule has 3 aromatic rings. The molecule has 10 heteroatoms. The number of rotatable bonds is 15. The molecule has 0 heterocycles. The first-order valence-electron chi connectivity index (χ1n) is 14.1. The highest BCUT2D eigenvalue weighted by Crippen LogP contribution is 2.34. The smallest absolute Gasteiger partial charge is 0.264 e. The van der Waals surface area contributed by atoms with Gasteiger partial charge in [0, 0.05) is 18.7 Å². The Morgan fingerprint density at radius 2 is 1.48 bits per heavy atom. The number of hydrogen-bond donors (Lipinski definition) is 1. The van der Waals surface area contributed by atoms with Gasteiger partial charge < -0.3 is 19.7 Å². The molecule has 0 bridgehead atoms. The van der Waals surface area contributed by atoms with Crippen molar-refractivity contribution in [2.45, 2.75) is 57.0 Å². The molecule has 0 aliphatic rings. The Bertz CT molecular complexity index is 1420. The average molecular weight is 596 g/mol. The molecule has 0 spiro atoms. The first-order valence-corrected chi connectivity index (χ1v) is 15.5. The standard InChI is InChI=1S/C32H41N3O6S/c1-6-24(3)33-32(37)28(7-2)34(21-20-25-14-10-8-11-15-25)31(36)23-35(42(38,39)27-16-12-9-13-17-27)26-18-19-29(40-4)30(22-26)41-5/h8-19,22,24,28H,6-7,20-21,23H2,1-5H3,(H,33,37)/t24-,28+/m1/s1. The van der Waals surface area contributed by atoms with Gasteiger partial charge >= 0.3 is 0 Å². The Kier molecular flexibility index (Phi) is 11.8. The van der Waals surface area contributed by atoms with Crippen molar-refractivity contribution in [1.29, 1.82) is 0 Å². The van der Waals surface area contributed by atoms with E-state index >= 15 is 0 Å². The first kappa shape index (κ1) is 32.5. The molecule has 0 aromatic heterocycles. The zero-order valence-electron chi connectivity index (χ0n) is 24.9. The van der Waals surface area contributed by atoms with Crippen LogP contribution in [0, 0.1) is 0 Å². The van der Waals surface area contributed by atoms with Crippen molar-refractivity contribution >= 4 is 27.5 Å². The number of sulfonamides is 1. The topological polar surface area (TPSA) is 105 Å². The Labute approximate surface area is 249 Å². The Balaban J connectivity index is 2.05. The maximum atomic E-state index is 14.1. The second-order valence-electron chi connectivity index (χ2n) is 9.93. The molecular weight excluding hydrogens is 554 g/mol. The van der Waals surface area contributed by atoms with Gasteiger partial charge in [-0.2, -0.15) is 0 Å². The molecular formula is C32H41N3O6S. The van der Waals surface area contributed by atoms with Crippen LogP contribution in [0.2, 0.25) is 0 Å². The molecule has 2 atom stereocenters. The third-order valence-corrected chi connectivity index (χ3v) is 8.92. The van der Waals surface area contributed by atoms with Crippen molar-refractivity contribution in [2.75, 3.05) is 31.6 Å². The van der Waals surface area contributed by atoms with Crippen LogP contribution in [-0.2, 0) is 26.0 Å². The van der Waals surface area contributed by atoms with Crippen LogP contribution in [0.15, 0.2) is 83.8 Å². The van der Waals surface area contributed by atoms with Crippen molar-refractivity contribution in [2.24, 2.45) is 0 Å². The molecule has 3 aromatic carbocycles. The first-order chi connectivity index (χ1) is 20.2. The molecule has 9 nitrogen and oxygen atoms in total. The summed E-state index contributed by atoms with van der Waals surface area (Å²) in [6.45, 7) is 5.44. The van der Waals surface area contributed by atoms with Gasteiger partial charge in [0.2, 0.25) is 11.8 Å². The Morgan fingerprint density at radius 1 is 0.857 bits per heavy atom. The van der Waals surface area contributed by atoms with E-state index in [1.54, 1.807) is 30.3 Å². The molecule has 1 N–H and O–H groups in total. The second kappa shape index (κ2) is 15.3. The van der Waals surface area contributed by atoms with Gasteiger partial charge in [-0.15, -0.1) is 0 Å². The number of nitrogens with one attached hydrogen (secondary N) is 1. The summed E-state index contributed by atoms with van der Waals surface area (Å²) in [6.07, 6.45) is 1.61. The molecule has 226 valence electrons. The number of benzene rings is 3. The predicted octanol–water partition coefficient (Wildman–Crippen LogP) is 4.66. The van der Waals surface area contributed by atoms with Crippen LogP contribution in [0.1, 0.15) is 39.2 Å². The predicted molar refractivity (Wildman–Crippen MR) is 164 cm³/mol. The highest BCUT2D eigenvalue weighted by Gasteiger charge is 2.34. The molecule has 2 amide bonds. The quantitative estimate of drug-likeness (QED) is 0.274. The van der Waals surface area contributed by atoms with Crippen molar-refractivity contribution in [3.05, 3.63) is 84.4 Å². The van der Waals surface area contributed by atoms with E-state index in [2.05, 4.69) is 5.32 Å². The van der Waals surface area contributed by atoms with E-state index < -0.39 is 28.5 Å². The summed E-state index contributed by atoms with van der Waals surface area (Å²) in [5, 5.41) is 2.99. The summed E-state index contributed by atoms with van der Waals surface area (Å²) in [5.41, 5.74) is 1.23. The van der Waals surface area contributed by atoms with Crippen LogP contribution in [-0.4, -0.2) is 64.5 Å². The lowest BCUT2D eigenvalue weighted by Crippen LogP contribution is -2.54. The fourth-order valence-corrected chi connectivity index (χ4v) is 5.99. The van der Waals surface area contributed by atoms with Gasteiger partial charge in [-0.25, -0.2) is 8.42 Å². The molecule has 0 radical (unpaired) electrons. The minimum absolute atomic E-state index is 0.0324. The van der Waals surface area contributed by atoms with Crippen molar-refractivity contribution in [3.63, 3.8) is 0 Å². The molecule has 0 fully saturated rings. The SMILES string of the molecule is CC[C@@H](C)NC(=O)[C@H](CC)N(CCc1ccccc1)C(=O)CN(c1ccc(OC)c(OC)c1)S(=O)(=O)c1ccccc1. The van der Waals surface area contributed by atoms with E-state index in [9.17, 15) is 18.0 Å². The number of methoxy groups -OCH3 is 2. The van der Waals surface area contributed by atoms with E-state index in [-0.39, 0.29) is 29.1 Å². The van der Waals surface area contributed by atoms with Crippen LogP contribution in [0.25, 0.3) is 0 Å². The Hall–Kier alpha value is -4.05. The van der Waals surface area contributed by atoms with Crippen LogP contribution < -0.4 is 19.1 Å². The molecule has 0 saturated carbocycles. The summed E-state index contributed by atoms with van der Waals surface area (Å²) >= 11 is 0. The second-order valence-corrected chi connectivity index (χ2v) is 11.8. The normalized spacial score (nSPS) is 12.6. The number of hydrogen-bond acceptors (Lipinski definition) is 6. The van der Waals surface area contributed by atoms with E-state index in [1.165, 1.54) is 37.3 Å². The van der Waals surface area contributed by atoms with Crippen molar-refractivity contribution in [3.8, 4) is 11.5 Å².